The number of aryl methyl sites for hydroxylation is 1. The zero-order valence-electron chi connectivity index (χ0n) is 18.9. The number of hydrogen-bond acceptors (Lipinski definition) is 6. The lowest BCUT2D eigenvalue weighted by molar-refractivity contribution is -0.115. The molecule has 0 bridgehead atoms. The van der Waals surface area contributed by atoms with Crippen molar-refractivity contribution in [2.24, 2.45) is 0 Å². The topological polar surface area (TPSA) is 123 Å². The van der Waals surface area contributed by atoms with Gasteiger partial charge in [-0.05, 0) is 61.5 Å². The van der Waals surface area contributed by atoms with E-state index in [0.29, 0.717) is 28.4 Å². The molecule has 0 aliphatic carbocycles. The number of methoxy groups -OCH3 is 2. The molecule has 178 valence electrons. The van der Waals surface area contributed by atoms with Crippen LogP contribution >= 0.6 is 0 Å². The Labute approximate surface area is 198 Å². The highest BCUT2D eigenvalue weighted by molar-refractivity contribution is 7.92. The monoisotopic (exact) mass is 483 g/mol. The number of nitrogens with one attached hydrogen (secondary N) is 3. The minimum Gasteiger partial charge on any atom is -0.493 e. The van der Waals surface area contributed by atoms with Crippen molar-refractivity contribution in [3.63, 3.8) is 0 Å². The summed E-state index contributed by atoms with van der Waals surface area (Å²) in [6.07, 6.45) is 0. The molecule has 10 heteroatoms. The molecule has 2 amide bonds. The number of rotatable bonds is 9. The summed E-state index contributed by atoms with van der Waals surface area (Å²) in [5.41, 5.74) is 2.07. The van der Waals surface area contributed by atoms with Gasteiger partial charge in [0.05, 0.1) is 25.7 Å². The molecule has 0 aromatic heterocycles. The predicted molar refractivity (Wildman–Crippen MR) is 129 cm³/mol. The summed E-state index contributed by atoms with van der Waals surface area (Å²) in [6.45, 7) is 1.62. The molecule has 0 saturated heterocycles. The Morgan fingerprint density at radius 2 is 1.44 bits per heavy atom. The van der Waals surface area contributed by atoms with Gasteiger partial charge < -0.3 is 20.1 Å². The molecule has 0 heterocycles. The van der Waals surface area contributed by atoms with E-state index >= 15 is 0 Å². The second-order valence-corrected chi connectivity index (χ2v) is 8.98. The highest BCUT2D eigenvalue weighted by atomic mass is 32.2. The van der Waals surface area contributed by atoms with E-state index in [2.05, 4.69) is 15.4 Å². The first kappa shape index (κ1) is 24.6. The van der Waals surface area contributed by atoms with Crippen LogP contribution in [0.5, 0.6) is 11.5 Å². The lowest BCUT2D eigenvalue weighted by Crippen LogP contribution is -2.32. The van der Waals surface area contributed by atoms with Gasteiger partial charge in [0.1, 0.15) is 0 Å². The van der Waals surface area contributed by atoms with E-state index in [-0.39, 0.29) is 11.4 Å². The highest BCUT2D eigenvalue weighted by Crippen LogP contribution is 2.27. The molecular weight excluding hydrogens is 458 g/mol. The molecule has 0 atom stereocenters. The maximum absolute atomic E-state index is 12.5. The fraction of sp³-hybridized carbons (Fsp3) is 0.167. The Bertz CT molecular complexity index is 1270. The Hall–Kier alpha value is -4.05. The molecule has 0 aliphatic rings. The molecule has 0 unspecified atom stereocenters. The summed E-state index contributed by atoms with van der Waals surface area (Å²) in [5.74, 6) is -0.00198. The molecule has 3 aromatic rings. The highest BCUT2D eigenvalue weighted by Gasteiger charge is 2.14. The number of anilines is 2. The second-order valence-electron chi connectivity index (χ2n) is 7.30. The van der Waals surface area contributed by atoms with Crippen molar-refractivity contribution in [1.29, 1.82) is 0 Å². The molecule has 9 nitrogen and oxygen atoms in total. The Kier molecular flexibility index (Phi) is 7.75. The van der Waals surface area contributed by atoms with Gasteiger partial charge in [0, 0.05) is 16.9 Å². The van der Waals surface area contributed by atoms with E-state index in [1.165, 1.54) is 44.6 Å². The van der Waals surface area contributed by atoms with Crippen LogP contribution in [0.2, 0.25) is 0 Å². The number of sulfonamides is 1. The van der Waals surface area contributed by atoms with Gasteiger partial charge in [0.15, 0.2) is 11.5 Å². The van der Waals surface area contributed by atoms with Gasteiger partial charge in [0.25, 0.3) is 15.9 Å². The molecule has 0 fully saturated rings. The van der Waals surface area contributed by atoms with Crippen molar-refractivity contribution in [2.45, 2.75) is 11.8 Å². The summed E-state index contributed by atoms with van der Waals surface area (Å²) >= 11 is 0. The average molecular weight is 484 g/mol. The molecule has 3 aromatic carbocycles. The van der Waals surface area contributed by atoms with E-state index < -0.39 is 21.8 Å². The molecule has 0 radical (unpaired) electrons. The quantitative estimate of drug-likeness (QED) is 0.430. The number of amides is 2. The van der Waals surface area contributed by atoms with Crippen LogP contribution in [-0.4, -0.2) is 41.0 Å². The number of ether oxygens (including phenoxy) is 2. The van der Waals surface area contributed by atoms with Crippen molar-refractivity contribution in [3.05, 3.63) is 77.9 Å². The van der Waals surface area contributed by atoms with Gasteiger partial charge in [-0.25, -0.2) is 8.42 Å². The number of carbonyl (C=O) groups excluding carboxylic acids is 2. The minimum absolute atomic E-state index is 0.153. The van der Waals surface area contributed by atoms with Crippen LogP contribution in [-0.2, 0) is 14.8 Å². The van der Waals surface area contributed by atoms with Crippen LogP contribution in [0.25, 0.3) is 0 Å². The van der Waals surface area contributed by atoms with E-state index in [1.54, 1.807) is 36.4 Å². The summed E-state index contributed by atoms with van der Waals surface area (Å²) in [6, 6.07) is 17.4. The zero-order chi connectivity index (χ0) is 24.7. The van der Waals surface area contributed by atoms with Gasteiger partial charge in [-0.15, -0.1) is 0 Å². The van der Waals surface area contributed by atoms with E-state index in [1.807, 2.05) is 6.92 Å². The molecule has 0 aliphatic heterocycles. The van der Waals surface area contributed by atoms with E-state index in [4.69, 9.17) is 9.47 Å². The van der Waals surface area contributed by atoms with Crippen LogP contribution in [0.1, 0.15) is 15.9 Å². The lowest BCUT2D eigenvalue weighted by Gasteiger charge is -2.11. The fourth-order valence-corrected chi connectivity index (χ4v) is 4.06. The molecule has 3 rings (SSSR count). The van der Waals surface area contributed by atoms with Gasteiger partial charge in [-0.3, -0.25) is 14.3 Å². The summed E-state index contributed by atoms with van der Waals surface area (Å²) in [7, 11) is -0.764. The molecule has 0 spiro atoms. The first-order chi connectivity index (χ1) is 16.2. The van der Waals surface area contributed by atoms with Crippen molar-refractivity contribution in [3.8, 4) is 11.5 Å². The Morgan fingerprint density at radius 3 is 2.06 bits per heavy atom. The molecular formula is C24H25N3O6S. The first-order valence-corrected chi connectivity index (χ1v) is 11.7. The van der Waals surface area contributed by atoms with Crippen molar-refractivity contribution < 1.29 is 27.5 Å². The third-order valence-electron chi connectivity index (χ3n) is 4.81. The smallest absolute Gasteiger partial charge is 0.261 e. The van der Waals surface area contributed by atoms with E-state index in [9.17, 15) is 18.0 Å². The summed E-state index contributed by atoms with van der Waals surface area (Å²) in [4.78, 5) is 24.7. The van der Waals surface area contributed by atoms with Gasteiger partial charge in [-0.1, -0.05) is 17.7 Å². The first-order valence-electron chi connectivity index (χ1n) is 10.2. The van der Waals surface area contributed by atoms with Crippen molar-refractivity contribution in [1.82, 2.24) is 5.32 Å². The number of hydrogen-bond donors (Lipinski definition) is 3. The number of carbonyl (C=O) groups is 2. The number of benzene rings is 3. The molecule has 0 saturated carbocycles. The fourth-order valence-electron chi connectivity index (χ4n) is 3.00. The van der Waals surface area contributed by atoms with Gasteiger partial charge in [0.2, 0.25) is 5.91 Å². The van der Waals surface area contributed by atoms with Crippen LogP contribution in [0, 0.1) is 6.92 Å². The summed E-state index contributed by atoms with van der Waals surface area (Å²) < 4.78 is 37.8. The van der Waals surface area contributed by atoms with Crippen LogP contribution in [0.15, 0.2) is 71.6 Å². The van der Waals surface area contributed by atoms with Crippen LogP contribution in [0.4, 0.5) is 11.4 Å². The Morgan fingerprint density at radius 1 is 0.824 bits per heavy atom. The maximum Gasteiger partial charge on any atom is 0.261 e. The van der Waals surface area contributed by atoms with Crippen LogP contribution in [0.3, 0.4) is 0 Å². The van der Waals surface area contributed by atoms with Crippen molar-refractivity contribution >= 4 is 33.2 Å². The largest absolute Gasteiger partial charge is 0.493 e. The van der Waals surface area contributed by atoms with Gasteiger partial charge >= 0.3 is 0 Å². The zero-order valence-corrected chi connectivity index (χ0v) is 19.7. The average Bonchev–Trinajstić information content (AvgIpc) is 2.83. The second kappa shape index (κ2) is 10.7. The predicted octanol–water partition coefficient (Wildman–Crippen LogP) is 3.18. The normalized spacial score (nSPS) is 10.8. The van der Waals surface area contributed by atoms with Gasteiger partial charge in [-0.2, -0.15) is 0 Å². The summed E-state index contributed by atoms with van der Waals surface area (Å²) in [5, 5.41) is 5.18. The lowest BCUT2D eigenvalue weighted by atomic mass is 10.2. The third-order valence-corrected chi connectivity index (χ3v) is 6.20. The van der Waals surface area contributed by atoms with Crippen LogP contribution < -0.4 is 24.8 Å². The van der Waals surface area contributed by atoms with E-state index in [0.717, 1.165) is 5.56 Å². The standard InChI is InChI=1S/C24H25N3O6S/c1-16-4-11-20(12-5-16)34(30,31)27-19-9-7-18(8-10-19)26-23(28)15-25-24(29)17-6-13-21(32-2)22(14-17)33-3/h4-14,27H,15H2,1-3H3,(H,25,29)(H,26,28). The minimum atomic E-state index is -3.72. The van der Waals surface area contributed by atoms with Crippen molar-refractivity contribution in [2.75, 3.05) is 30.8 Å². The maximum atomic E-state index is 12.5. The third kappa shape index (κ3) is 6.26. The Balaban J connectivity index is 1.54. The molecule has 34 heavy (non-hydrogen) atoms. The molecule has 3 N–H and O–H groups in total. The SMILES string of the molecule is COc1ccc(C(=O)NCC(=O)Nc2ccc(NS(=O)(=O)c3ccc(C)cc3)cc2)cc1OC.